The van der Waals surface area contributed by atoms with Crippen molar-refractivity contribution in [3.05, 3.63) is 59.2 Å². The number of nitriles is 1. The normalized spacial score (nSPS) is 24.4. The topological polar surface area (TPSA) is 59.3 Å². The van der Waals surface area contributed by atoms with E-state index in [1.165, 1.54) is 69.2 Å². The first kappa shape index (κ1) is 25.2. The molecular weight excluding hydrogens is 448 g/mol. The van der Waals surface area contributed by atoms with E-state index >= 15 is 0 Å². The standard InChI is InChI=1S/C29H33F2NO3/c1-2-19-3-7-21(8-4-19)22-9-5-20(6-10-22)18-34-24-13-14-26(28(31)15-24)29(33)35-25-12-11-23(17-32)27(30)16-25/h11-16,19-22H,2-10,18H2,1H3/t19-,20-,21-,22-. The molecule has 0 saturated heterocycles. The predicted octanol–water partition coefficient (Wildman–Crippen LogP) is 7.46. The van der Waals surface area contributed by atoms with E-state index in [1.807, 2.05) is 0 Å². The molecule has 0 aliphatic heterocycles. The average Bonchev–Trinajstić information content (AvgIpc) is 2.88. The van der Waals surface area contributed by atoms with Gasteiger partial charge in [0.1, 0.15) is 29.2 Å². The Balaban J connectivity index is 1.24. The van der Waals surface area contributed by atoms with Crippen molar-refractivity contribution in [2.24, 2.45) is 23.7 Å². The van der Waals surface area contributed by atoms with Crippen molar-refractivity contribution in [2.45, 2.75) is 64.7 Å². The molecule has 0 unspecified atom stereocenters. The molecule has 0 bridgehead atoms. The van der Waals surface area contributed by atoms with Gasteiger partial charge in [0.05, 0.1) is 17.7 Å². The van der Waals surface area contributed by atoms with Gasteiger partial charge in [0, 0.05) is 12.1 Å². The van der Waals surface area contributed by atoms with Crippen LogP contribution in [0.4, 0.5) is 8.78 Å². The van der Waals surface area contributed by atoms with Crippen molar-refractivity contribution < 1.29 is 23.0 Å². The molecule has 0 aromatic heterocycles. The Morgan fingerprint density at radius 2 is 1.49 bits per heavy atom. The lowest BCUT2D eigenvalue weighted by atomic mass is 9.69. The minimum atomic E-state index is -0.940. The molecule has 2 aliphatic carbocycles. The molecule has 2 aromatic rings. The lowest BCUT2D eigenvalue weighted by Crippen LogP contribution is -2.27. The number of hydrogen-bond donors (Lipinski definition) is 0. The van der Waals surface area contributed by atoms with Crippen LogP contribution in [0.2, 0.25) is 0 Å². The fraction of sp³-hybridized carbons (Fsp3) is 0.517. The predicted molar refractivity (Wildman–Crippen MR) is 129 cm³/mol. The van der Waals surface area contributed by atoms with Gasteiger partial charge in [-0.25, -0.2) is 13.6 Å². The molecule has 0 amide bonds. The molecule has 2 aliphatic rings. The van der Waals surface area contributed by atoms with Gasteiger partial charge in [0.2, 0.25) is 0 Å². The lowest BCUT2D eigenvalue weighted by molar-refractivity contribution is 0.0729. The van der Waals surface area contributed by atoms with Crippen LogP contribution >= 0.6 is 0 Å². The second-order valence-electron chi connectivity index (χ2n) is 10.1. The lowest BCUT2D eigenvalue weighted by Gasteiger charge is -2.37. The van der Waals surface area contributed by atoms with Gasteiger partial charge < -0.3 is 9.47 Å². The SMILES string of the molecule is CC[C@H]1CC[C@H]([C@H]2CC[C@H](COc3ccc(C(=O)Oc4ccc(C#N)c(F)c4)c(F)c3)CC2)CC1. The van der Waals surface area contributed by atoms with Crippen molar-refractivity contribution in [1.29, 1.82) is 5.26 Å². The van der Waals surface area contributed by atoms with E-state index < -0.39 is 17.6 Å². The number of carbonyl (C=O) groups is 1. The first-order valence-electron chi connectivity index (χ1n) is 12.8. The molecule has 4 nitrogen and oxygen atoms in total. The van der Waals surface area contributed by atoms with E-state index in [0.717, 1.165) is 36.7 Å². The minimum absolute atomic E-state index is 0.0970. The van der Waals surface area contributed by atoms with Crippen LogP contribution in [0.15, 0.2) is 36.4 Å². The highest BCUT2D eigenvalue weighted by atomic mass is 19.1. The summed E-state index contributed by atoms with van der Waals surface area (Å²) in [7, 11) is 0. The van der Waals surface area contributed by atoms with Gasteiger partial charge in [0.25, 0.3) is 0 Å². The number of nitrogens with zero attached hydrogens (tertiary/aromatic N) is 1. The molecule has 6 heteroatoms. The zero-order valence-corrected chi connectivity index (χ0v) is 20.3. The van der Waals surface area contributed by atoms with Crippen LogP contribution in [0.3, 0.4) is 0 Å². The number of esters is 1. The molecule has 35 heavy (non-hydrogen) atoms. The largest absolute Gasteiger partial charge is 0.493 e. The van der Waals surface area contributed by atoms with Crippen molar-refractivity contribution in [2.75, 3.05) is 6.61 Å². The van der Waals surface area contributed by atoms with Crippen molar-refractivity contribution in [3.63, 3.8) is 0 Å². The van der Waals surface area contributed by atoms with Gasteiger partial charge in [-0.1, -0.05) is 26.2 Å². The number of halogens is 2. The first-order chi connectivity index (χ1) is 17.0. The second kappa shape index (κ2) is 11.7. The molecule has 0 heterocycles. The highest BCUT2D eigenvalue weighted by molar-refractivity contribution is 5.91. The van der Waals surface area contributed by atoms with Crippen molar-refractivity contribution in [1.82, 2.24) is 0 Å². The van der Waals surface area contributed by atoms with E-state index in [1.54, 1.807) is 12.1 Å². The van der Waals surface area contributed by atoms with Crippen molar-refractivity contribution >= 4 is 5.97 Å². The Bertz CT molecular complexity index is 1060. The average molecular weight is 482 g/mol. The van der Waals surface area contributed by atoms with E-state index in [9.17, 15) is 13.6 Å². The number of ether oxygens (including phenoxy) is 2. The summed E-state index contributed by atoms with van der Waals surface area (Å²) in [5.74, 6) is 0.917. The number of benzene rings is 2. The van der Waals surface area contributed by atoms with Crippen LogP contribution in [0.25, 0.3) is 0 Å². The Morgan fingerprint density at radius 3 is 2.06 bits per heavy atom. The summed E-state index contributed by atoms with van der Waals surface area (Å²) in [4.78, 5) is 12.3. The quantitative estimate of drug-likeness (QED) is 0.304. The molecular formula is C29H33F2NO3. The molecule has 2 fully saturated rings. The fourth-order valence-corrected chi connectivity index (χ4v) is 5.67. The zero-order valence-electron chi connectivity index (χ0n) is 20.3. The summed E-state index contributed by atoms with van der Waals surface area (Å²) >= 11 is 0. The van der Waals surface area contributed by atoms with E-state index in [0.29, 0.717) is 18.3 Å². The van der Waals surface area contributed by atoms with Gasteiger partial charge in [-0.15, -0.1) is 0 Å². The third kappa shape index (κ3) is 6.39. The summed E-state index contributed by atoms with van der Waals surface area (Å²) in [6.45, 7) is 2.85. The summed E-state index contributed by atoms with van der Waals surface area (Å²) in [5.41, 5.74) is -0.425. The highest BCUT2D eigenvalue weighted by Gasteiger charge is 2.30. The third-order valence-corrected chi connectivity index (χ3v) is 7.94. The molecule has 4 rings (SSSR count). The maximum atomic E-state index is 14.6. The first-order valence-corrected chi connectivity index (χ1v) is 12.8. The van der Waals surface area contributed by atoms with Crippen LogP contribution in [0.5, 0.6) is 11.5 Å². The smallest absolute Gasteiger partial charge is 0.346 e. The molecule has 0 N–H and O–H groups in total. The van der Waals surface area contributed by atoms with Crippen LogP contribution in [-0.2, 0) is 0 Å². The van der Waals surface area contributed by atoms with Gasteiger partial charge >= 0.3 is 5.97 Å². The number of hydrogen-bond acceptors (Lipinski definition) is 4. The Labute approximate surface area is 206 Å². The van der Waals surface area contributed by atoms with E-state index in [-0.39, 0.29) is 16.9 Å². The summed E-state index contributed by atoms with van der Waals surface area (Å²) < 4.78 is 39.2. The van der Waals surface area contributed by atoms with Crippen LogP contribution in [0, 0.1) is 46.6 Å². The maximum Gasteiger partial charge on any atom is 0.346 e. The van der Waals surface area contributed by atoms with E-state index in [2.05, 4.69) is 6.92 Å². The number of rotatable bonds is 7. The third-order valence-electron chi connectivity index (χ3n) is 7.94. The van der Waals surface area contributed by atoms with Crippen LogP contribution < -0.4 is 9.47 Å². The highest BCUT2D eigenvalue weighted by Crippen LogP contribution is 2.42. The number of carbonyl (C=O) groups excluding carboxylic acids is 1. The molecule has 2 saturated carbocycles. The molecule has 0 spiro atoms. The van der Waals surface area contributed by atoms with Crippen LogP contribution in [-0.4, -0.2) is 12.6 Å². The second-order valence-corrected chi connectivity index (χ2v) is 10.1. The minimum Gasteiger partial charge on any atom is -0.493 e. The van der Waals surface area contributed by atoms with Gasteiger partial charge in [-0.05, 0) is 86.5 Å². The van der Waals surface area contributed by atoms with Crippen LogP contribution in [0.1, 0.15) is 80.6 Å². The molecule has 186 valence electrons. The molecule has 0 atom stereocenters. The molecule has 0 radical (unpaired) electrons. The zero-order chi connectivity index (χ0) is 24.8. The van der Waals surface area contributed by atoms with Gasteiger partial charge in [0.15, 0.2) is 0 Å². The Morgan fingerprint density at radius 1 is 0.886 bits per heavy atom. The Kier molecular flexibility index (Phi) is 8.38. The van der Waals surface area contributed by atoms with Gasteiger partial charge in [-0.3, -0.25) is 0 Å². The monoisotopic (exact) mass is 481 g/mol. The summed E-state index contributed by atoms with van der Waals surface area (Å²) in [6.07, 6.45) is 11.7. The van der Waals surface area contributed by atoms with E-state index in [4.69, 9.17) is 14.7 Å². The maximum absolute atomic E-state index is 14.6. The Hall–Kier alpha value is -2.94. The molecule has 2 aromatic carbocycles. The van der Waals surface area contributed by atoms with Crippen molar-refractivity contribution in [3.8, 4) is 17.6 Å². The summed E-state index contributed by atoms with van der Waals surface area (Å²) in [6, 6.07) is 9.17. The summed E-state index contributed by atoms with van der Waals surface area (Å²) in [5, 5.41) is 8.78. The van der Waals surface area contributed by atoms with Gasteiger partial charge in [-0.2, -0.15) is 5.26 Å². The fourth-order valence-electron chi connectivity index (χ4n) is 5.67.